The molecule has 1 atom stereocenters. The molecule has 1 aliphatic heterocycles. The topological polar surface area (TPSA) is 36.7 Å². The first-order valence-electron chi connectivity index (χ1n) is 4.44. The number of nitrogens with zero attached hydrogens (tertiary/aromatic N) is 2. The van der Waals surface area contributed by atoms with Gasteiger partial charge in [-0.15, -0.1) is 0 Å². The lowest BCUT2D eigenvalue weighted by Gasteiger charge is -2.08. The second kappa shape index (κ2) is 4.20. The SMILES string of the molecule is N#Cc1cc(C2CCSC2)cnc1Cl. The standard InChI is InChI=1S/C10H9ClN2S/c11-10-8(4-12)3-9(5-13-10)7-1-2-14-6-7/h3,5,7H,1-2,6H2. The Morgan fingerprint density at radius 1 is 1.64 bits per heavy atom. The first kappa shape index (κ1) is 9.82. The van der Waals surface area contributed by atoms with E-state index in [1.165, 1.54) is 12.2 Å². The summed E-state index contributed by atoms with van der Waals surface area (Å²) in [5.74, 6) is 2.89. The van der Waals surface area contributed by atoms with Gasteiger partial charge in [-0.3, -0.25) is 0 Å². The summed E-state index contributed by atoms with van der Waals surface area (Å²) in [6, 6.07) is 3.92. The molecule has 1 aliphatic rings. The Morgan fingerprint density at radius 2 is 2.50 bits per heavy atom. The highest BCUT2D eigenvalue weighted by molar-refractivity contribution is 7.99. The van der Waals surface area contributed by atoms with Crippen molar-refractivity contribution in [2.24, 2.45) is 0 Å². The maximum absolute atomic E-state index is 8.81. The molecule has 14 heavy (non-hydrogen) atoms. The second-order valence-electron chi connectivity index (χ2n) is 3.28. The largest absolute Gasteiger partial charge is 0.243 e. The van der Waals surface area contributed by atoms with Crippen LogP contribution in [0.1, 0.15) is 23.5 Å². The van der Waals surface area contributed by atoms with Crippen molar-refractivity contribution in [2.75, 3.05) is 11.5 Å². The normalized spacial score (nSPS) is 20.7. The van der Waals surface area contributed by atoms with Crippen molar-refractivity contribution in [1.29, 1.82) is 5.26 Å². The quantitative estimate of drug-likeness (QED) is 0.689. The van der Waals surface area contributed by atoms with Crippen molar-refractivity contribution < 1.29 is 0 Å². The third-order valence-electron chi connectivity index (χ3n) is 2.38. The van der Waals surface area contributed by atoms with Crippen LogP contribution >= 0.6 is 23.4 Å². The van der Waals surface area contributed by atoms with E-state index >= 15 is 0 Å². The first-order valence-corrected chi connectivity index (χ1v) is 5.98. The lowest BCUT2D eigenvalue weighted by Crippen LogP contribution is -1.98. The molecule has 2 rings (SSSR count). The maximum atomic E-state index is 8.81. The molecule has 1 fully saturated rings. The molecule has 2 nitrogen and oxygen atoms in total. The van der Waals surface area contributed by atoms with Gasteiger partial charge < -0.3 is 0 Å². The third-order valence-corrected chi connectivity index (χ3v) is 3.85. The van der Waals surface area contributed by atoms with Gasteiger partial charge in [0.15, 0.2) is 0 Å². The fraction of sp³-hybridized carbons (Fsp3) is 0.400. The average molecular weight is 225 g/mol. The van der Waals surface area contributed by atoms with E-state index in [4.69, 9.17) is 16.9 Å². The number of hydrogen-bond acceptors (Lipinski definition) is 3. The van der Waals surface area contributed by atoms with E-state index in [1.54, 1.807) is 6.20 Å². The van der Waals surface area contributed by atoms with Crippen molar-refractivity contribution in [2.45, 2.75) is 12.3 Å². The Hall–Kier alpha value is -0.720. The first-order chi connectivity index (χ1) is 6.81. The van der Waals surface area contributed by atoms with Crippen molar-refractivity contribution in [3.63, 3.8) is 0 Å². The van der Waals surface area contributed by atoms with Crippen LogP contribution in [0.3, 0.4) is 0 Å². The van der Waals surface area contributed by atoms with E-state index in [0.717, 1.165) is 11.3 Å². The van der Waals surface area contributed by atoms with Crippen LogP contribution in [0, 0.1) is 11.3 Å². The molecule has 0 spiro atoms. The molecule has 0 aromatic carbocycles. The van der Waals surface area contributed by atoms with Crippen LogP contribution < -0.4 is 0 Å². The van der Waals surface area contributed by atoms with Gasteiger partial charge in [-0.05, 0) is 29.7 Å². The van der Waals surface area contributed by atoms with Crippen LogP contribution in [0.2, 0.25) is 5.15 Å². The summed E-state index contributed by atoms with van der Waals surface area (Å²) in [7, 11) is 0. The van der Waals surface area contributed by atoms with Crippen molar-refractivity contribution in [3.8, 4) is 6.07 Å². The van der Waals surface area contributed by atoms with Gasteiger partial charge >= 0.3 is 0 Å². The number of pyridine rings is 1. The van der Waals surface area contributed by atoms with E-state index in [1.807, 2.05) is 17.8 Å². The maximum Gasteiger partial charge on any atom is 0.146 e. The molecule has 0 bridgehead atoms. The van der Waals surface area contributed by atoms with E-state index < -0.39 is 0 Å². The highest BCUT2D eigenvalue weighted by Gasteiger charge is 2.18. The minimum atomic E-state index is 0.307. The fourth-order valence-corrected chi connectivity index (χ4v) is 2.97. The van der Waals surface area contributed by atoms with E-state index in [9.17, 15) is 0 Å². The number of aromatic nitrogens is 1. The Bertz CT molecular complexity index is 380. The van der Waals surface area contributed by atoms with E-state index in [-0.39, 0.29) is 0 Å². The lowest BCUT2D eigenvalue weighted by atomic mass is 9.99. The number of thioether (sulfide) groups is 1. The van der Waals surface area contributed by atoms with Gasteiger partial charge in [0.2, 0.25) is 0 Å². The summed E-state index contributed by atoms with van der Waals surface area (Å²) >= 11 is 7.72. The zero-order valence-corrected chi connectivity index (χ0v) is 9.11. The number of nitriles is 1. The molecule has 4 heteroatoms. The summed E-state index contributed by atoms with van der Waals surface area (Å²) in [5.41, 5.74) is 1.64. The summed E-state index contributed by atoms with van der Waals surface area (Å²) in [5, 5.41) is 9.11. The molecule has 72 valence electrons. The van der Waals surface area contributed by atoms with Crippen molar-refractivity contribution >= 4 is 23.4 Å². The Balaban J connectivity index is 2.31. The van der Waals surface area contributed by atoms with Crippen molar-refractivity contribution in [1.82, 2.24) is 4.98 Å². The Morgan fingerprint density at radius 3 is 3.14 bits per heavy atom. The summed E-state index contributed by atoms with van der Waals surface area (Å²) in [6.07, 6.45) is 2.97. The minimum Gasteiger partial charge on any atom is -0.243 e. The van der Waals surface area contributed by atoms with Crippen LogP contribution in [0.4, 0.5) is 0 Å². The smallest absolute Gasteiger partial charge is 0.146 e. The molecular formula is C10H9ClN2S. The second-order valence-corrected chi connectivity index (χ2v) is 4.79. The van der Waals surface area contributed by atoms with Gasteiger partial charge in [0.1, 0.15) is 11.2 Å². The minimum absolute atomic E-state index is 0.307. The van der Waals surface area contributed by atoms with Gasteiger partial charge in [-0.1, -0.05) is 11.6 Å². The molecule has 0 amide bonds. The van der Waals surface area contributed by atoms with Gasteiger partial charge in [-0.25, -0.2) is 4.98 Å². The van der Waals surface area contributed by atoms with Crippen LogP contribution in [-0.4, -0.2) is 16.5 Å². The summed E-state index contributed by atoms with van der Waals surface area (Å²) < 4.78 is 0. The fourth-order valence-electron chi connectivity index (χ4n) is 1.56. The molecule has 1 aromatic rings. The number of halogens is 1. The zero-order chi connectivity index (χ0) is 9.97. The lowest BCUT2D eigenvalue weighted by molar-refractivity contribution is 0.777. The average Bonchev–Trinajstić information content (AvgIpc) is 2.71. The monoisotopic (exact) mass is 224 g/mol. The van der Waals surface area contributed by atoms with Gasteiger partial charge in [0.05, 0.1) is 5.56 Å². The predicted molar refractivity (Wildman–Crippen MR) is 58.6 cm³/mol. The Labute approximate surface area is 92.3 Å². The van der Waals surface area contributed by atoms with Crippen LogP contribution in [-0.2, 0) is 0 Å². The molecule has 0 aliphatic carbocycles. The number of rotatable bonds is 1. The highest BCUT2D eigenvalue weighted by atomic mass is 35.5. The summed E-state index contributed by atoms with van der Waals surface area (Å²) in [4.78, 5) is 4.03. The van der Waals surface area contributed by atoms with Crippen LogP contribution in [0.25, 0.3) is 0 Å². The summed E-state index contributed by atoms with van der Waals surface area (Å²) in [6.45, 7) is 0. The zero-order valence-electron chi connectivity index (χ0n) is 7.53. The third kappa shape index (κ3) is 1.87. The van der Waals surface area contributed by atoms with Gasteiger partial charge in [-0.2, -0.15) is 17.0 Å². The number of hydrogen-bond donors (Lipinski definition) is 0. The van der Waals surface area contributed by atoms with Gasteiger partial charge in [0, 0.05) is 11.9 Å². The molecule has 1 saturated heterocycles. The van der Waals surface area contributed by atoms with Crippen LogP contribution in [0.5, 0.6) is 0 Å². The highest BCUT2D eigenvalue weighted by Crippen LogP contribution is 2.32. The predicted octanol–water partition coefficient (Wildman–Crippen LogP) is 2.83. The molecule has 0 N–H and O–H groups in total. The van der Waals surface area contributed by atoms with Gasteiger partial charge in [0.25, 0.3) is 0 Å². The van der Waals surface area contributed by atoms with E-state index in [0.29, 0.717) is 16.6 Å². The van der Waals surface area contributed by atoms with Crippen LogP contribution in [0.15, 0.2) is 12.3 Å². The molecule has 1 aromatic heterocycles. The molecular weight excluding hydrogens is 216 g/mol. The Kier molecular flexibility index (Phi) is 2.95. The molecule has 2 heterocycles. The van der Waals surface area contributed by atoms with E-state index in [2.05, 4.69) is 11.1 Å². The molecule has 0 radical (unpaired) electrons. The van der Waals surface area contributed by atoms with Crippen molar-refractivity contribution in [3.05, 3.63) is 28.5 Å². The molecule has 0 saturated carbocycles. The molecule has 1 unspecified atom stereocenters.